The van der Waals surface area contributed by atoms with Gasteiger partial charge in [0.1, 0.15) is 0 Å². The molecule has 0 aromatic heterocycles. The summed E-state index contributed by atoms with van der Waals surface area (Å²) in [6.07, 6.45) is 0. The first-order valence-electron chi connectivity index (χ1n) is 1.84. The lowest BCUT2D eigenvalue weighted by Crippen LogP contribution is -1.98. The molecule has 0 aromatic rings. The molecule has 7 heavy (non-hydrogen) atoms. The van der Waals surface area contributed by atoms with Gasteiger partial charge in [-0.25, -0.2) is 4.79 Å². The lowest BCUT2D eigenvalue weighted by Gasteiger charge is -1.92. The maximum atomic E-state index is 10.0. The summed E-state index contributed by atoms with van der Waals surface area (Å²) in [5, 5.41) is 4.37. The number of ether oxygens (including phenoxy) is 1. The molecule has 0 heterocycles. The van der Waals surface area contributed by atoms with E-state index in [1.165, 1.54) is 0 Å². The quantitative estimate of drug-likeness (QED) is 0.411. The predicted molar refractivity (Wildman–Crippen MR) is 28.8 cm³/mol. The maximum absolute atomic E-state index is 10.0. The second-order valence-electron chi connectivity index (χ2n) is 0.801. The normalized spacial score (nSPS) is 8.29. The van der Waals surface area contributed by atoms with Crippen molar-refractivity contribution >= 4 is 17.2 Å². The molecule has 0 rings (SSSR count). The molecule has 0 aliphatic carbocycles. The first-order chi connectivity index (χ1) is 3.31. The van der Waals surface area contributed by atoms with Gasteiger partial charge in [0.2, 0.25) is 0 Å². The highest BCUT2D eigenvalue weighted by atomic mass is 32.2. The third kappa shape index (κ3) is 3.61. The van der Waals surface area contributed by atoms with Crippen molar-refractivity contribution in [3.63, 3.8) is 0 Å². The van der Waals surface area contributed by atoms with Crippen LogP contribution in [0.3, 0.4) is 0 Å². The molecule has 42 valence electrons. The minimum Gasteiger partial charge on any atom is -0.457 e. The summed E-state index contributed by atoms with van der Waals surface area (Å²) in [5.74, 6) is 0. The van der Waals surface area contributed by atoms with Crippen LogP contribution in [0.15, 0.2) is 0 Å². The number of carbonyl (C=O) groups is 1. The van der Waals surface area contributed by atoms with E-state index in [1.54, 1.807) is 6.92 Å². The van der Waals surface area contributed by atoms with Crippen LogP contribution in [-0.2, 0) is 4.74 Å². The second kappa shape index (κ2) is 3.95. The van der Waals surface area contributed by atoms with E-state index < -0.39 is 5.30 Å². The van der Waals surface area contributed by atoms with Crippen molar-refractivity contribution in [2.75, 3.05) is 6.61 Å². The molecular weight excluding hydrogens is 114 g/mol. The summed E-state index contributed by atoms with van der Waals surface area (Å²) >= 11 is 0.588. The number of rotatable bonds is 1. The van der Waals surface area contributed by atoms with E-state index in [0.29, 0.717) is 18.6 Å². The van der Waals surface area contributed by atoms with Gasteiger partial charge in [0.15, 0.2) is 0 Å². The molecule has 0 amide bonds. The molecule has 3 nitrogen and oxygen atoms in total. The van der Waals surface area contributed by atoms with Crippen LogP contribution in [0.5, 0.6) is 0 Å². The Balaban J connectivity index is 3.00. The first-order valence-corrected chi connectivity index (χ1v) is 2.72. The van der Waals surface area contributed by atoms with Crippen molar-refractivity contribution in [2.24, 2.45) is 5.14 Å². The molecular formula is C3H7NO2S. The highest BCUT2D eigenvalue weighted by Gasteiger charge is 1.93. The number of hydrogen-bond donors (Lipinski definition) is 1. The van der Waals surface area contributed by atoms with E-state index in [1.807, 2.05) is 0 Å². The molecule has 0 saturated carbocycles. The van der Waals surface area contributed by atoms with Crippen molar-refractivity contribution < 1.29 is 9.53 Å². The molecule has 0 atom stereocenters. The molecule has 4 heteroatoms. The Morgan fingerprint density at radius 3 is 2.71 bits per heavy atom. The standard InChI is InChI=1S/C3H7NO2S/c1-2-6-3(5)7-4/h2,4H2,1H3. The van der Waals surface area contributed by atoms with Gasteiger partial charge in [-0.15, -0.1) is 0 Å². The van der Waals surface area contributed by atoms with Gasteiger partial charge in [-0.2, -0.15) is 0 Å². The molecule has 0 saturated heterocycles. The second-order valence-corrected chi connectivity index (χ2v) is 1.37. The zero-order valence-electron chi connectivity index (χ0n) is 4.01. The van der Waals surface area contributed by atoms with Crippen LogP contribution < -0.4 is 5.14 Å². The highest BCUT2D eigenvalue weighted by Crippen LogP contribution is 1.91. The van der Waals surface area contributed by atoms with Crippen LogP contribution in [0.4, 0.5) is 4.79 Å². The minimum atomic E-state index is -0.428. The maximum Gasteiger partial charge on any atom is 0.382 e. The zero-order valence-corrected chi connectivity index (χ0v) is 4.83. The van der Waals surface area contributed by atoms with Gasteiger partial charge in [-0.3, -0.25) is 5.14 Å². The summed E-state index contributed by atoms with van der Waals surface area (Å²) in [6, 6.07) is 0. The van der Waals surface area contributed by atoms with Gasteiger partial charge in [-0.05, 0) is 6.92 Å². The fraction of sp³-hybridized carbons (Fsp3) is 0.667. The number of hydrogen-bond acceptors (Lipinski definition) is 4. The summed E-state index contributed by atoms with van der Waals surface area (Å²) < 4.78 is 4.39. The van der Waals surface area contributed by atoms with Crippen LogP contribution in [0.2, 0.25) is 0 Å². The lowest BCUT2D eigenvalue weighted by atomic mass is 10.9. The summed E-state index contributed by atoms with van der Waals surface area (Å²) in [7, 11) is 0. The van der Waals surface area contributed by atoms with Crippen molar-refractivity contribution in [2.45, 2.75) is 6.92 Å². The summed E-state index contributed by atoms with van der Waals surface area (Å²) in [4.78, 5) is 10.0. The Kier molecular flexibility index (Phi) is 3.83. The van der Waals surface area contributed by atoms with E-state index >= 15 is 0 Å². The summed E-state index contributed by atoms with van der Waals surface area (Å²) in [5.41, 5.74) is 0. The highest BCUT2D eigenvalue weighted by molar-refractivity contribution is 8.11. The van der Waals surface area contributed by atoms with Crippen LogP contribution >= 0.6 is 11.9 Å². The molecule has 0 radical (unpaired) electrons. The van der Waals surface area contributed by atoms with Crippen LogP contribution in [0.1, 0.15) is 6.92 Å². The third-order valence-corrected chi connectivity index (χ3v) is 0.669. The molecule has 0 bridgehead atoms. The van der Waals surface area contributed by atoms with Gasteiger partial charge in [-0.1, -0.05) is 0 Å². The van der Waals surface area contributed by atoms with Crippen LogP contribution in [0, 0.1) is 0 Å². The lowest BCUT2D eigenvalue weighted by molar-refractivity contribution is 0.181. The van der Waals surface area contributed by atoms with Crippen molar-refractivity contribution in [3.8, 4) is 0 Å². The van der Waals surface area contributed by atoms with Crippen LogP contribution in [0.25, 0.3) is 0 Å². The zero-order chi connectivity index (χ0) is 5.70. The number of nitrogens with two attached hydrogens (primary N) is 1. The van der Waals surface area contributed by atoms with Crippen LogP contribution in [-0.4, -0.2) is 11.9 Å². The Bertz CT molecular complexity index is 66.0. The van der Waals surface area contributed by atoms with Crippen molar-refractivity contribution in [1.29, 1.82) is 0 Å². The average Bonchev–Trinajstić information content (AvgIpc) is 1.68. The molecule has 0 aliphatic heterocycles. The molecule has 0 fully saturated rings. The van der Waals surface area contributed by atoms with Gasteiger partial charge in [0, 0.05) is 11.9 Å². The Morgan fingerprint density at radius 2 is 2.57 bits per heavy atom. The Hall–Kier alpha value is -0.220. The molecule has 2 N–H and O–H groups in total. The van der Waals surface area contributed by atoms with Crippen molar-refractivity contribution in [3.05, 3.63) is 0 Å². The van der Waals surface area contributed by atoms with Crippen molar-refractivity contribution in [1.82, 2.24) is 0 Å². The largest absolute Gasteiger partial charge is 0.457 e. The van der Waals surface area contributed by atoms with Gasteiger partial charge in [0.05, 0.1) is 6.61 Å². The molecule has 0 spiro atoms. The molecule has 0 aromatic carbocycles. The summed E-state index contributed by atoms with van der Waals surface area (Å²) in [6.45, 7) is 2.12. The van der Waals surface area contributed by atoms with Gasteiger partial charge < -0.3 is 4.74 Å². The monoisotopic (exact) mass is 121 g/mol. The minimum absolute atomic E-state index is 0.392. The van der Waals surface area contributed by atoms with E-state index in [4.69, 9.17) is 5.14 Å². The topological polar surface area (TPSA) is 52.3 Å². The van der Waals surface area contributed by atoms with Gasteiger partial charge >= 0.3 is 5.30 Å². The van der Waals surface area contributed by atoms with E-state index in [-0.39, 0.29) is 0 Å². The molecule has 0 aliphatic rings. The fourth-order valence-electron chi connectivity index (χ4n) is 0.152. The molecule has 0 unspecified atom stereocenters. The van der Waals surface area contributed by atoms with E-state index in [2.05, 4.69) is 4.74 Å². The fourth-order valence-corrected chi connectivity index (χ4v) is 0.338. The van der Waals surface area contributed by atoms with E-state index in [0.717, 1.165) is 0 Å². The average molecular weight is 121 g/mol. The number of carbonyl (C=O) groups excluding carboxylic acids is 1. The first kappa shape index (κ1) is 6.78. The SMILES string of the molecule is CCOC(=O)SN. The smallest absolute Gasteiger partial charge is 0.382 e. The Morgan fingerprint density at radius 1 is 2.00 bits per heavy atom. The Labute approximate surface area is 46.3 Å². The van der Waals surface area contributed by atoms with Gasteiger partial charge in [0.25, 0.3) is 0 Å². The third-order valence-electron chi connectivity index (χ3n) is 0.358. The van der Waals surface area contributed by atoms with E-state index in [9.17, 15) is 4.79 Å². The predicted octanol–water partition coefficient (Wildman–Crippen LogP) is 0.750.